The molecule has 0 unspecified atom stereocenters. The second-order valence-electron chi connectivity index (χ2n) is 8.02. The van der Waals surface area contributed by atoms with Gasteiger partial charge in [-0.2, -0.15) is 0 Å². The van der Waals surface area contributed by atoms with Crippen LogP contribution in [0.25, 0.3) is 0 Å². The molecule has 0 amide bonds. The van der Waals surface area contributed by atoms with E-state index in [9.17, 15) is 4.79 Å². The van der Waals surface area contributed by atoms with Crippen molar-refractivity contribution in [3.8, 4) is 0 Å². The van der Waals surface area contributed by atoms with Gasteiger partial charge < -0.3 is 4.74 Å². The first kappa shape index (κ1) is 27.0. The molecule has 0 aliphatic rings. The highest BCUT2D eigenvalue weighted by molar-refractivity contribution is 5.68. The summed E-state index contributed by atoms with van der Waals surface area (Å²) >= 11 is 0. The van der Waals surface area contributed by atoms with Gasteiger partial charge in [0, 0.05) is 6.42 Å². The van der Waals surface area contributed by atoms with E-state index in [1.165, 1.54) is 97.0 Å². The number of esters is 1. The Balaban J connectivity index is 3.17. The van der Waals surface area contributed by atoms with Crippen LogP contribution in [-0.2, 0) is 9.53 Å². The van der Waals surface area contributed by atoms with Gasteiger partial charge in [0.2, 0.25) is 0 Å². The third kappa shape index (κ3) is 23.0. The maximum atomic E-state index is 11.0. The predicted molar refractivity (Wildman–Crippen MR) is 124 cm³/mol. The molecule has 0 aromatic rings. The molecule has 0 rings (SSSR count). The fourth-order valence-corrected chi connectivity index (χ4v) is 3.41. The van der Waals surface area contributed by atoms with Crippen LogP contribution < -0.4 is 0 Å². The largest absolute Gasteiger partial charge is 0.469 e. The highest BCUT2D eigenvalue weighted by Crippen LogP contribution is 2.13. The zero-order chi connectivity index (χ0) is 20.5. The number of unbranched alkanes of at least 4 members (excludes halogenated alkanes) is 15. The van der Waals surface area contributed by atoms with Gasteiger partial charge in [-0.05, 0) is 38.5 Å². The Morgan fingerprint density at radius 1 is 0.571 bits per heavy atom. The molecular weight excluding hydrogens is 344 g/mol. The lowest BCUT2D eigenvalue weighted by molar-refractivity contribution is -0.140. The van der Waals surface area contributed by atoms with Gasteiger partial charge in [-0.15, -0.1) is 0 Å². The molecule has 0 N–H and O–H groups in total. The predicted octanol–water partition coefficient (Wildman–Crippen LogP) is 8.70. The van der Waals surface area contributed by atoms with Crippen LogP contribution in [0.5, 0.6) is 0 Å². The zero-order valence-corrected chi connectivity index (χ0v) is 19.1. The molecule has 0 aliphatic carbocycles. The van der Waals surface area contributed by atoms with E-state index in [1.54, 1.807) is 0 Å². The minimum atomic E-state index is -0.107. The van der Waals surface area contributed by atoms with E-state index in [0.29, 0.717) is 6.42 Å². The van der Waals surface area contributed by atoms with E-state index in [4.69, 9.17) is 0 Å². The molecule has 28 heavy (non-hydrogen) atoms. The lowest BCUT2D eigenvalue weighted by Crippen LogP contribution is -1.98. The summed E-state index contributed by atoms with van der Waals surface area (Å²) in [5.74, 6) is -0.107. The number of methoxy groups -OCH3 is 1. The quantitative estimate of drug-likeness (QED) is 0.111. The third-order valence-electron chi connectivity index (χ3n) is 5.29. The van der Waals surface area contributed by atoms with E-state index < -0.39 is 0 Å². The Labute approximate surface area is 176 Å². The first-order chi connectivity index (χ1) is 13.8. The smallest absolute Gasteiger partial charge is 0.305 e. The maximum Gasteiger partial charge on any atom is 0.305 e. The van der Waals surface area contributed by atoms with Crippen molar-refractivity contribution >= 4 is 5.97 Å². The fourth-order valence-electron chi connectivity index (χ4n) is 3.41. The standard InChI is InChI=1S/C26H48O2/c1-3-4-5-6-7-8-9-10-11-12-13-14-15-16-17-18-19-20-21-22-23-24-25-26(27)28-2/h17-18,21-22H,3-16,19-20,23-25H2,1-2H3. The molecule has 0 atom stereocenters. The van der Waals surface area contributed by atoms with E-state index in [-0.39, 0.29) is 5.97 Å². The van der Waals surface area contributed by atoms with Crippen LogP contribution in [0, 0.1) is 0 Å². The third-order valence-corrected chi connectivity index (χ3v) is 5.29. The lowest BCUT2D eigenvalue weighted by Gasteiger charge is -2.02. The Morgan fingerprint density at radius 2 is 0.964 bits per heavy atom. The van der Waals surface area contributed by atoms with Crippen LogP contribution in [0.15, 0.2) is 24.3 Å². The Morgan fingerprint density at radius 3 is 1.43 bits per heavy atom. The summed E-state index contributed by atoms with van der Waals surface area (Å²) in [6.45, 7) is 2.29. The van der Waals surface area contributed by atoms with Crippen molar-refractivity contribution in [2.45, 2.75) is 129 Å². The summed E-state index contributed by atoms with van der Waals surface area (Å²) in [4.78, 5) is 11.0. The van der Waals surface area contributed by atoms with Crippen LogP contribution in [0.4, 0.5) is 0 Å². The zero-order valence-electron chi connectivity index (χ0n) is 19.1. The Kier molecular flexibility index (Phi) is 23.1. The SMILES string of the molecule is CCCCCCCCCCCCCCCC=CCCC=CCCCC(=O)OC. The molecule has 0 fully saturated rings. The molecule has 0 spiro atoms. The second kappa shape index (κ2) is 24.0. The molecule has 0 bridgehead atoms. The molecule has 0 aliphatic heterocycles. The summed E-state index contributed by atoms with van der Waals surface area (Å²) in [6.07, 6.45) is 33.4. The number of carbonyl (C=O) groups excluding carboxylic acids is 1. The van der Waals surface area contributed by atoms with Gasteiger partial charge in [-0.25, -0.2) is 0 Å². The van der Waals surface area contributed by atoms with Gasteiger partial charge >= 0.3 is 5.97 Å². The van der Waals surface area contributed by atoms with Crippen molar-refractivity contribution in [1.29, 1.82) is 0 Å². The summed E-state index contributed by atoms with van der Waals surface area (Å²) in [5, 5.41) is 0. The number of rotatable bonds is 21. The van der Waals surface area contributed by atoms with Gasteiger partial charge in [-0.1, -0.05) is 108 Å². The molecular formula is C26H48O2. The average Bonchev–Trinajstić information content (AvgIpc) is 2.71. The number of hydrogen-bond acceptors (Lipinski definition) is 2. The van der Waals surface area contributed by atoms with E-state index in [2.05, 4.69) is 36.0 Å². The second-order valence-corrected chi connectivity index (χ2v) is 8.02. The first-order valence-corrected chi connectivity index (χ1v) is 12.2. The summed E-state index contributed by atoms with van der Waals surface area (Å²) in [6, 6.07) is 0. The van der Waals surface area contributed by atoms with Crippen LogP contribution in [0.1, 0.15) is 129 Å². The van der Waals surface area contributed by atoms with Crippen LogP contribution in [0.2, 0.25) is 0 Å². The number of hydrogen-bond donors (Lipinski definition) is 0. The molecule has 0 radical (unpaired) electrons. The normalized spacial score (nSPS) is 11.6. The number of carbonyl (C=O) groups is 1. The highest BCUT2D eigenvalue weighted by atomic mass is 16.5. The monoisotopic (exact) mass is 392 g/mol. The van der Waals surface area contributed by atoms with Crippen molar-refractivity contribution in [2.75, 3.05) is 7.11 Å². The van der Waals surface area contributed by atoms with E-state index in [1.807, 2.05) is 0 Å². The van der Waals surface area contributed by atoms with Crippen molar-refractivity contribution in [2.24, 2.45) is 0 Å². The molecule has 0 aromatic carbocycles. The number of ether oxygens (including phenoxy) is 1. The van der Waals surface area contributed by atoms with Crippen molar-refractivity contribution in [3.05, 3.63) is 24.3 Å². The first-order valence-electron chi connectivity index (χ1n) is 12.2. The highest BCUT2D eigenvalue weighted by Gasteiger charge is 1.96. The van der Waals surface area contributed by atoms with Crippen LogP contribution in [-0.4, -0.2) is 13.1 Å². The molecule has 2 heteroatoms. The molecule has 0 saturated carbocycles. The minimum absolute atomic E-state index is 0.107. The summed E-state index contributed by atoms with van der Waals surface area (Å²) in [7, 11) is 1.45. The Bertz CT molecular complexity index is 371. The van der Waals surface area contributed by atoms with Crippen LogP contribution in [0.3, 0.4) is 0 Å². The molecule has 164 valence electrons. The minimum Gasteiger partial charge on any atom is -0.469 e. The lowest BCUT2D eigenvalue weighted by atomic mass is 10.0. The van der Waals surface area contributed by atoms with Gasteiger partial charge in [0.1, 0.15) is 0 Å². The van der Waals surface area contributed by atoms with Crippen molar-refractivity contribution in [3.63, 3.8) is 0 Å². The van der Waals surface area contributed by atoms with Crippen LogP contribution >= 0.6 is 0 Å². The van der Waals surface area contributed by atoms with Gasteiger partial charge in [-0.3, -0.25) is 4.79 Å². The molecule has 0 saturated heterocycles. The average molecular weight is 393 g/mol. The van der Waals surface area contributed by atoms with Gasteiger partial charge in [0.25, 0.3) is 0 Å². The van der Waals surface area contributed by atoms with Crippen molar-refractivity contribution < 1.29 is 9.53 Å². The number of allylic oxidation sites excluding steroid dienone is 4. The van der Waals surface area contributed by atoms with Gasteiger partial charge in [0.15, 0.2) is 0 Å². The summed E-state index contributed by atoms with van der Waals surface area (Å²) in [5.41, 5.74) is 0. The van der Waals surface area contributed by atoms with Gasteiger partial charge in [0.05, 0.1) is 7.11 Å². The fraction of sp³-hybridized carbons (Fsp3) is 0.808. The Hall–Kier alpha value is -1.05. The summed E-state index contributed by atoms with van der Waals surface area (Å²) < 4.78 is 4.62. The van der Waals surface area contributed by atoms with E-state index >= 15 is 0 Å². The topological polar surface area (TPSA) is 26.3 Å². The van der Waals surface area contributed by atoms with E-state index in [0.717, 1.165) is 25.7 Å². The molecule has 2 nitrogen and oxygen atoms in total. The molecule has 0 aromatic heterocycles. The maximum absolute atomic E-state index is 11.0. The van der Waals surface area contributed by atoms with Crippen molar-refractivity contribution in [1.82, 2.24) is 0 Å². The molecule has 0 heterocycles.